The first-order chi connectivity index (χ1) is 7.34. The van der Waals surface area contributed by atoms with Gasteiger partial charge in [-0.3, -0.25) is 0 Å². The van der Waals surface area contributed by atoms with Crippen molar-refractivity contribution in [3.8, 4) is 0 Å². The minimum Gasteiger partial charge on any atom is -0.302 e. The zero-order valence-corrected chi connectivity index (χ0v) is 10.9. The summed E-state index contributed by atoms with van der Waals surface area (Å²) in [5.41, 5.74) is 0.429. The molecule has 88 valence electrons. The van der Waals surface area contributed by atoms with Gasteiger partial charge in [0.05, 0.1) is 9.72 Å². The van der Waals surface area contributed by atoms with Crippen LogP contribution in [0.5, 0.6) is 0 Å². The van der Waals surface area contributed by atoms with Gasteiger partial charge in [0.2, 0.25) is 0 Å². The molecule has 0 heterocycles. The standard InChI is InChI=1S/C10H10BrFO3S/c1-16(14,15)10-5-9(12)3-2-7(10)4-8(11)6-13/h2-3,5-6,8H,4H2,1H3. The topological polar surface area (TPSA) is 51.2 Å². The SMILES string of the molecule is CS(=O)(=O)c1cc(F)ccc1CC(Br)C=O. The first-order valence-corrected chi connectivity index (χ1v) is 7.23. The molecule has 0 saturated carbocycles. The second-order valence-corrected chi connectivity index (χ2v) is 6.54. The molecule has 0 aliphatic heterocycles. The van der Waals surface area contributed by atoms with Crippen molar-refractivity contribution in [1.29, 1.82) is 0 Å². The van der Waals surface area contributed by atoms with Crippen molar-refractivity contribution < 1.29 is 17.6 Å². The fraction of sp³-hybridized carbons (Fsp3) is 0.300. The van der Waals surface area contributed by atoms with Crippen LogP contribution in [-0.2, 0) is 21.1 Å². The van der Waals surface area contributed by atoms with Crippen molar-refractivity contribution in [2.45, 2.75) is 16.1 Å². The number of halogens is 2. The fourth-order valence-corrected chi connectivity index (χ4v) is 2.60. The van der Waals surface area contributed by atoms with E-state index in [0.717, 1.165) is 12.3 Å². The lowest BCUT2D eigenvalue weighted by Gasteiger charge is -2.08. The van der Waals surface area contributed by atoms with Crippen LogP contribution in [0.3, 0.4) is 0 Å². The van der Waals surface area contributed by atoms with Gasteiger partial charge >= 0.3 is 0 Å². The van der Waals surface area contributed by atoms with E-state index in [-0.39, 0.29) is 11.3 Å². The van der Waals surface area contributed by atoms with E-state index >= 15 is 0 Å². The lowest BCUT2D eigenvalue weighted by Crippen LogP contribution is -2.09. The van der Waals surface area contributed by atoms with Gasteiger partial charge in [-0.1, -0.05) is 22.0 Å². The number of benzene rings is 1. The van der Waals surface area contributed by atoms with Crippen LogP contribution in [0.2, 0.25) is 0 Å². The number of hydrogen-bond acceptors (Lipinski definition) is 3. The Kier molecular flexibility index (Phi) is 4.21. The van der Waals surface area contributed by atoms with Gasteiger partial charge in [0.1, 0.15) is 12.1 Å². The highest BCUT2D eigenvalue weighted by Gasteiger charge is 2.16. The molecule has 0 spiro atoms. The molecule has 1 atom stereocenters. The van der Waals surface area contributed by atoms with Crippen molar-refractivity contribution in [2.24, 2.45) is 0 Å². The van der Waals surface area contributed by atoms with E-state index in [1.807, 2.05) is 0 Å². The average molecular weight is 309 g/mol. The van der Waals surface area contributed by atoms with Gasteiger partial charge in [-0.15, -0.1) is 0 Å². The van der Waals surface area contributed by atoms with Gasteiger partial charge in [-0.05, 0) is 24.1 Å². The minimum absolute atomic E-state index is 0.0706. The van der Waals surface area contributed by atoms with E-state index in [2.05, 4.69) is 15.9 Å². The molecule has 3 nitrogen and oxygen atoms in total. The minimum atomic E-state index is -3.49. The Balaban J connectivity index is 3.23. The van der Waals surface area contributed by atoms with Crippen LogP contribution in [0.15, 0.2) is 23.1 Å². The average Bonchev–Trinajstić information content (AvgIpc) is 2.19. The molecule has 0 amide bonds. The maximum atomic E-state index is 13.0. The van der Waals surface area contributed by atoms with Crippen LogP contribution in [0.25, 0.3) is 0 Å². The maximum absolute atomic E-state index is 13.0. The summed E-state index contributed by atoms with van der Waals surface area (Å²) in [7, 11) is -3.49. The highest BCUT2D eigenvalue weighted by molar-refractivity contribution is 9.09. The van der Waals surface area contributed by atoms with Crippen LogP contribution >= 0.6 is 15.9 Å². The molecule has 0 bridgehead atoms. The Labute approximate surface area is 102 Å². The molecule has 1 unspecified atom stereocenters. The molecule has 1 rings (SSSR count). The molecule has 1 aromatic carbocycles. The van der Waals surface area contributed by atoms with Gasteiger partial charge in [0, 0.05) is 6.26 Å². The molecular weight excluding hydrogens is 299 g/mol. The number of carbonyl (C=O) groups is 1. The van der Waals surface area contributed by atoms with Crippen LogP contribution in [0.4, 0.5) is 4.39 Å². The Morgan fingerprint density at radius 3 is 2.62 bits per heavy atom. The van der Waals surface area contributed by atoms with Gasteiger partial charge < -0.3 is 4.79 Å². The summed E-state index contributed by atoms with van der Waals surface area (Å²) in [6, 6.07) is 3.52. The number of rotatable bonds is 4. The molecule has 6 heteroatoms. The van der Waals surface area contributed by atoms with Crippen LogP contribution < -0.4 is 0 Å². The molecule has 0 aromatic heterocycles. The lowest BCUT2D eigenvalue weighted by atomic mass is 10.1. The number of hydrogen-bond donors (Lipinski definition) is 0. The molecule has 16 heavy (non-hydrogen) atoms. The predicted molar refractivity (Wildman–Crippen MR) is 62.0 cm³/mol. The number of carbonyl (C=O) groups excluding carboxylic acids is 1. The van der Waals surface area contributed by atoms with Crippen LogP contribution in [0, 0.1) is 5.82 Å². The second kappa shape index (κ2) is 5.05. The zero-order chi connectivity index (χ0) is 12.3. The number of alkyl halides is 1. The molecule has 0 aliphatic carbocycles. The number of aldehydes is 1. The van der Waals surface area contributed by atoms with Crippen LogP contribution in [-0.4, -0.2) is 25.8 Å². The summed E-state index contributed by atoms with van der Waals surface area (Å²) < 4.78 is 35.8. The third-order valence-electron chi connectivity index (χ3n) is 1.99. The summed E-state index contributed by atoms with van der Waals surface area (Å²) in [4.78, 5) is 9.92. The molecular formula is C10H10BrFO3S. The third kappa shape index (κ3) is 3.38. The summed E-state index contributed by atoms with van der Waals surface area (Å²) in [6.07, 6.45) is 1.89. The number of sulfone groups is 1. The quantitative estimate of drug-likeness (QED) is 0.629. The molecule has 0 radical (unpaired) electrons. The van der Waals surface area contributed by atoms with E-state index in [9.17, 15) is 17.6 Å². The Morgan fingerprint density at radius 2 is 2.12 bits per heavy atom. The normalized spacial score (nSPS) is 13.4. The van der Waals surface area contributed by atoms with Crippen molar-refractivity contribution >= 4 is 32.1 Å². The molecule has 0 N–H and O–H groups in total. The Morgan fingerprint density at radius 1 is 1.50 bits per heavy atom. The summed E-state index contributed by atoms with van der Waals surface area (Å²) in [5.74, 6) is -0.610. The van der Waals surface area contributed by atoms with Crippen LogP contribution in [0.1, 0.15) is 5.56 Å². The van der Waals surface area contributed by atoms with Gasteiger partial charge in [-0.25, -0.2) is 12.8 Å². The smallest absolute Gasteiger partial charge is 0.175 e. The van der Waals surface area contributed by atoms with Gasteiger partial charge in [0.25, 0.3) is 0 Å². The highest BCUT2D eigenvalue weighted by atomic mass is 79.9. The molecule has 0 aliphatic rings. The Bertz CT molecular complexity index is 499. The van der Waals surface area contributed by atoms with Crippen molar-refractivity contribution in [2.75, 3.05) is 6.26 Å². The van der Waals surface area contributed by atoms with Crippen molar-refractivity contribution in [1.82, 2.24) is 0 Å². The summed E-state index contributed by atoms with van der Waals surface area (Å²) >= 11 is 3.08. The summed E-state index contributed by atoms with van der Waals surface area (Å²) in [6.45, 7) is 0. The monoisotopic (exact) mass is 308 g/mol. The predicted octanol–water partition coefficient (Wildman–Crippen LogP) is 1.73. The maximum Gasteiger partial charge on any atom is 0.175 e. The Hall–Kier alpha value is -0.750. The largest absolute Gasteiger partial charge is 0.302 e. The highest BCUT2D eigenvalue weighted by Crippen LogP contribution is 2.20. The first kappa shape index (κ1) is 13.3. The lowest BCUT2D eigenvalue weighted by molar-refractivity contribution is -0.107. The first-order valence-electron chi connectivity index (χ1n) is 4.42. The van der Waals surface area contributed by atoms with E-state index in [0.29, 0.717) is 11.8 Å². The van der Waals surface area contributed by atoms with E-state index in [1.54, 1.807) is 0 Å². The third-order valence-corrected chi connectivity index (χ3v) is 3.71. The summed E-state index contributed by atoms with van der Waals surface area (Å²) in [5, 5.41) is 0. The molecule has 0 saturated heterocycles. The molecule has 0 fully saturated rings. The zero-order valence-electron chi connectivity index (χ0n) is 8.48. The van der Waals surface area contributed by atoms with Crippen molar-refractivity contribution in [3.05, 3.63) is 29.6 Å². The van der Waals surface area contributed by atoms with E-state index in [1.165, 1.54) is 12.1 Å². The van der Waals surface area contributed by atoms with E-state index in [4.69, 9.17) is 0 Å². The van der Waals surface area contributed by atoms with Gasteiger partial charge in [-0.2, -0.15) is 0 Å². The van der Waals surface area contributed by atoms with Gasteiger partial charge in [0.15, 0.2) is 9.84 Å². The van der Waals surface area contributed by atoms with E-state index < -0.39 is 20.5 Å². The van der Waals surface area contributed by atoms with Crippen molar-refractivity contribution in [3.63, 3.8) is 0 Å². The fourth-order valence-electron chi connectivity index (χ4n) is 1.30. The second-order valence-electron chi connectivity index (χ2n) is 3.38. The molecule has 1 aromatic rings.